The molecule has 28 heavy (non-hydrogen) atoms. The molecule has 0 aliphatic heterocycles. The highest BCUT2D eigenvalue weighted by atomic mass is 32.1. The summed E-state index contributed by atoms with van der Waals surface area (Å²) >= 11 is 1.42. The molecular weight excluding hydrogens is 372 g/mol. The molecule has 1 N–H and O–H groups in total. The summed E-state index contributed by atoms with van der Waals surface area (Å²) in [6.07, 6.45) is 0. The maximum atomic E-state index is 12.5. The number of aromatic nitrogens is 1. The molecule has 146 valence electrons. The number of anilines is 1. The average Bonchev–Trinajstić information content (AvgIpc) is 3.16. The number of hydrogen-bond acceptors (Lipinski definition) is 5. The number of carbonyl (C=O) groups is 1. The minimum absolute atomic E-state index is 0.225. The SMILES string of the molecule is COc1cc(-c2nc(C(=O)Nc3cccc(C)c3)cs2)ccc1OCC(C)C. The molecule has 0 unspecified atom stereocenters. The predicted molar refractivity (Wildman–Crippen MR) is 114 cm³/mol. The van der Waals surface area contributed by atoms with Gasteiger partial charge in [-0.2, -0.15) is 0 Å². The molecular formula is C22H24N2O3S. The molecule has 0 spiro atoms. The largest absolute Gasteiger partial charge is 0.493 e. The van der Waals surface area contributed by atoms with Gasteiger partial charge in [-0.1, -0.05) is 26.0 Å². The highest BCUT2D eigenvalue weighted by molar-refractivity contribution is 7.13. The van der Waals surface area contributed by atoms with Crippen LogP contribution in [0.4, 0.5) is 5.69 Å². The molecule has 1 amide bonds. The maximum Gasteiger partial charge on any atom is 0.275 e. The Bertz CT molecular complexity index is 966. The van der Waals surface area contributed by atoms with E-state index in [-0.39, 0.29) is 5.91 Å². The summed E-state index contributed by atoms with van der Waals surface area (Å²) in [7, 11) is 1.62. The molecule has 3 aromatic rings. The molecule has 1 aromatic heterocycles. The molecule has 3 rings (SSSR count). The third kappa shape index (κ3) is 4.89. The lowest BCUT2D eigenvalue weighted by molar-refractivity contribution is 0.102. The van der Waals surface area contributed by atoms with Crippen LogP contribution in [-0.2, 0) is 0 Å². The van der Waals surface area contributed by atoms with Crippen LogP contribution in [0.5, 0.6) is 11.5 Å². The van der Waals surface area contributed by atoms with Gasteiger partial charge in [0.1, 0.15) is 10.7 Å². The fraction of sp³-hybridized carbons (Fsp3) is 0.273. The van der Waals surface area contributed by atoms with Gasteiger partial charge in [0, 0.05) is 16.6 Å². The van der Waals surface area contributed by atoms with E-state index in [4.69, 9.17) is 9.47 Å². The zero-order valence-electron chi connectivity index (χ0n) is 16.5. The second-order valence-corrected chi connectivity index (χ2v) is 7.79. The summed E-state index contributed by atoms with van der Waals surface area (Å²) in [6.45, 7) is 6.80. The van der Waals surface area contributed by atoms with Crippen LogP contribution < -0.4 is 14.8 Å². The highest BCUT2D eigenvalue weighted by Gasteiger charge is 2.14. The number of nitrogens with one attached hydrogen (secondary N) is 1. The van der Waals surface area contributed by atoms with E-state index < -0.39 is 0 Å². The topological polar surface area (TPSA) is 60.5 Å². The van der Waals surface area contributed by atoms with Crippen molar-refractivity contribution in [3.63, 3.8) is 0 Å². The molecule has 0 saturated carbocycles. The molecule has 0 atom stereocenters. The molecule has 0 fully saturated rings. The van der Waals surface area contributed by atoms with Crippen molar-refractivity contribution >= 4 is 22.9 Å². The Kier molecular flexibility index (Phi) is 6.31. The van der Waals surface area contributed by atoms with Gasteiger partial charge >= 0.3 is 0 Å². The van der Waals surface area contributed by atoms with Crippen molar-refractivity contribution in [1.29, 1.82) is 0 Å². The molecule has 1 heterocycles. The molecule has 0 radical (unpaired) electrons. The lowest BCUT2D eigenvalue weighted by Crippen LogP contribution is -2.12. The standard InChI is InChI=1S/C22H24N2O3S/c1-14(2)12-27-19-9-8-16(11-20(19)26-4)22-24-18(13-28-22)21(25)23-17-7-5-6-15(3)10-17/h5-11,13-14H,12H2,1-4H3,(H,23,25). The number of hydrogen-bond donors (Lipinski definition) is 1. The average molecular weight is 397 g/mol. The molecule has 0 aliphatic rings. The van der Waals surface area contributed by atoms with Crippen molar-refractivity contribution < 1.29 is 14.3 Å². The first-order valence-electron chi connectivity index (χ1n) is 9.11. The Labute approximate surface area is 169 Å². The van der Waals surface area contributed by atoms with Crippen LogP contribution in [0, 0.1) is 12.8 Å². The number of rotatable bonds is 7. The van der Waals surface area contributed by atoms with E-state index in [0.29, 0.717) is 29.7 Å². The molecule has 0 bridgehead atoms. The van der Waals surface area contributed by atoms with Crippen molar-refractivity contribution in [1.82, 2.24) is 4.98 Å². The summed E-state index contributed by atoms with van der Waals surface area (Å²) in [5.74, 6) is 1.56. The van der Waals surface area contributed by atoms with Crippen molar-refractivity contribution in [2.45, 2.75) is 20.8 Å². The zero-order valence-corrected chi connectivity index (χ0v) is 17.3. The summed E-state index contributed by atoms with van der Waals surface area (Å²) in [5, 5.41) is 5.40. The van der Waals surface area contributed by atoms with E-state index in [0.717, 1.165) is 21.8 Å². The normalized spacial score (nSPS) is 10.8. The van der Waals surface area contributed by atoms with E-state index in [2.05, 4.69) is 24.1 Å². The van der Waals surface area contributed by atoms with Crippen LogP contribution >= 0.6 is 11.3 Å². The minimum atomic E-state index is -0.225. The maximum absolute atomic E-state index is 12.5. The molecule has 6 heteroatoms. The number of thiazole rings is 1. The van der Waals surface area contributed by atoms with Gasteiger partial charge in [-0.05, 0) is 48.7 Å². The highest BCUT2D eigenvalue weighted by Crippen LogP contribution is 2.34. The number of ether oxygens (including phenoxy) is 2. The molecule has 0 saturated heterocycles. The lowest BCUT2D eigenvalue weighted by Gasteiger charge is -2.13. The molecule has 5 nitrogen and oxygen atoms in total. The fourth-order valence-electron chi connectivity index (χ4n) is 2.60. The summed E-state index contributed by atoms with van der Waals surface area (Å²) in [5.41, 5.74) is 3.12. The second kappa shape index (κ2) is 8.89. The fourth-order valence-corrected chi connectivity index (χ4v) is 3.40. The first-order chi connectivity index (χ1) is 13.5. The van der Waals surface area contributed by atoms with E-state index in [1.165, 1.54) is 11.3 Å². The third-order valence-electron chi connectivity index (χ3n) is 4.00. The van der Waals surface area contributed by atoms with Crippen molar-refractivity contribution in [2.75, 3.05) is 19.0 Å². The minimum Gasteiger partial charge on any atom is -0.493 e. The molecule has 2 aromatic carbocycles. The van der Waals surface area contributed by atoms with Gasteiger partial charge in [-0.25, -0.2) is 4.98 Å². The Hall–Kier alpha value is -2.86. The summed E-state index contributed by atoms with van der Waals surface area (Å²) in [6, 6.07) is 13.4. The number of carbonyl (C=O) groups excluding carboxylic acids is 1. The summed E-state index contributed by atoms with van der Waals surface area (Å²) in [4.78, 5) is 17.0. The predicted octanol–water partition coefficient (Wildman–Crippen LogP) is 5.41. The van der Waals surface area contributed by atoms with E-state index in [9.17, 15) is 4.79 Å². The van der Waals surface area contributed by atoms with Crippen molar-refractivity contribution in [3.05, 3.63) is 59.1 Å². The number of benzene rings is 2. The Balaban J connectivity index is 1.76. The van der Waals surface area contributed by atoms with Crippen LogP contribution in [0.3, 0.4) is 0 Å². The van der Waals surface area contributed by atoms with Crippen molar-refractivity contribution in [2.24, 2.45) is 5.92 Å². The van der Waals surface area contributed by atoms with Gasteiger partial charge in [0.15, 0.2) is 11.5 Å². The smallest absolute Gasteiger partial charge is 0.275 e. The van der Waals surface area contributed by atoms with Gasteiger partial charge in [-0.3, -0.25) is 4.79 Å². The van der Waals surface area contributed by atoms with E-state index in [1.54, 1.807) is 12.5 Å². The Morgan fingerprint density at radius 2 is 2.00 bits per heavy atom. The van der Waals surface area contributed by atoms with Gasteiger partial charge in [0.05, 0.1) is 13.7 Å². The number of amides is 1. The van der Waals surface area contributed by atoms with Crippen LogP contribution in [-0.4, -0.2) is 24.6 Å². The summed E-state index contributed by atoms with van der Waals surface area (Å²) < 4.78 is 11.3. The van der Waals surface area contributed by atoms with Crippen LogP contribution in [0.15, 0.2) is 47.8 Å². The lowest BCUT2D eigenvalue weighted by atomic mass is 10.2. The van der Waals surface area contributed by atoms with Gasteiger partial charge in [0.2, 0.25) is 0 Å². The Morgan fingerprint density at radius 1 is 1.18 bits per heavy atom. The Morgan fingerprint density at radius 3 is 2.71 bits per heavy atom. The van der Waals surface area contributed by atoms with E-state index in [1.807, 2.05) is 49.4 Å². The van der Waals surface area contributed by atoms with Crippen molar-refractivity contribution in [3.8, 4) is 22.1 Å². The monoisotopic (exact) mass is 396 g/mol. The second-order valence-electron chi connectivity index (χ2n) is 6.93. The third-order valence-corrected chi connectivity index (χ3v) is 4.89. The number of methoxy groups -OCH3 is 1. The quantitative estimate of drug-likeness (QED) is 0.580. The van der Waals surface area contributed by atoms with E-state index >= 15 is 0 Å². The first-order valence-corrected chi connectivity index (χ1v) is 9.99. The van der Waals surface area contributed by atoms with Crippen LogP contribution in [0.1, 0.15) is 29.9 Å². The molecule has 0 aliphatic carbocycles. The van der Waals surface area contributed by atoms with Gasteiger partial charge < -0.3 is 14.8 Å². The first kappa shape index (κ1) is 19.9. The number of nitrogens with zero attached hydrogens (tertiary/aromatic N) is 1. The van der Waals surface area contributed by atoms with Crippen LogP contribution in [0.25, 0.3) is 10.6 Å². The number of aryl methyl sites for hydroxylation is 1. The van der Waals surface area contributed by atoms with Crippen LogP contribution in [0.2, 0.25) is 0 Å². The van der Waals surface area contributed by atoms with Gasteiger partial charge in [-0.15, -0.1) is 11.3 Å². The zero-order chi connectivity index (χ0) is 20.1. The van der Waals surface area contributed by atoms with Gasteiger partial charge in [0.25, 0.3) is 5.91 Å².